The van der Waals surface area contributed by atoms with E-state index in [4.69, 9.17) is 5.26 Å². The molecular weight excluding hydrogens is 386 g/mol. The van der Waals surface area contributed by atoms with Gasteiger partial charge in [0.1, 0.15) is 0 Å². The number of nitriles is 1. The van der Waals surface area contributed by atoms with Crippen molar-refractivity contribution >= 4 is 21.6 Å². The molecule has 1 heterocycles. The van der Waals surface area contributed by atoms with Crippen molar-refractivity contribution in [3.8, 4) is 6.07 Å². The van der Waals surface area contributed by atoms with E-state index < -0.39 is 10.0 Å². The van der Waals surface area contributed by atoms with Crippen molar-refractivity contribution in [3.05, 3.63) is 59.7 Å². The quantitative estimate of drug-likeness (QED) is 0.813. The van der Waals surface area contributed by atoms with Crippen molar-refractivity contribution in [3.63, 3.8) is 0 Å². The first kappa shape index (κ1) is 21.0. The number of piperidine rings is 1. The third-order valence-corrected chi connectivity index (χ3v) is 6.93. The molecule has 0 unspecified atom stereocenters. The van der Waals surface area contributed by atoms with Gasteiger partial charge in [-0.15, -0.1) is 0 Å². The molecule has 6 nitrogen and oxygen atoms in total. The zero-order valence-corrected chi connectivity index (χ0v) is 17.4. The maximum Gasteiger partial charge on any atom is 0.255 e. The van der Waals surface area contributed by atoms with E-state index in [9.17, 15) is 13.2 Å². The minimum atomic E-state index is -3.56. The Bertz CT molecular complexity index is 999. The highest BCUT2D eigenvalue weighted by atomic mass is 32.2. The Morgan fingerprint density at radius 1 is 1.07 bits per heavy atom. The molecule has 0 saturated carbocycles. The standard InChI is InChI=1S/C22H25N3O3S/c1-16-13-17(2)15-25(14-16)29(27,28)21-9-5-19(6-10-21)22(26)24-20-7-3-18(4-8-20)11-12-23/h3-10,16-17H,11,13-15H2,1-2H3,(H,24,26)/t16-,17+. The largest absolute Gasteiger partial charge is 0.322 e. The second-order valence-electron chi connectivity index (χ2n) is 7.78. The van der Waals surface area contributed by atoms with Crippen LogP contribution in [0.15, 0.2) is 53.4 Å². The fourth-order valence-electron chi connectivity index (χ4n) is 3.73. The minimum Gasteiger partial charge on any atom is -0.322 e. The van der Waals surface area contributed by atoms with Gasteiger partial charge in [0.15, 0.2) is 0 Å². The summed E-state index contributed by atoms with van der Waals surface area (Å²) in [6.07, 6.45) is 1.35. The Labute approximate surface area is 172 Å². The molecule has 1 saturated heterocycles. The summed E-state index contributed by atoms with van der Waals surface area (Å²) in [5, 5.41) is 11.5. The molecule has 2 aromatic rings. The van der Waals surface area contributed by atoms with Crippen LogP contribution in [0.2, 0.25) is 0 Å². The van der Waals surface area contributed by atoms with Gasteiger partial charge in [-0.3, -0.25) is 4.79 Å². The van der Waals surface area contributed by atoms with E-state index in [1.807, 2.05) is 0 Å². The molecule has 1 amide bonds. The Hall–Kier alpha value is -2.69. The number of carbonyl (C=O) groups excluding carboxylic acids is 1. The van der Waals surface area contributed by atoms with E-state index in [1.54, 1.807) is 28.6 Å². The van der Waals surface area contributed by atoms with Crippen LogP contribution in [0.5, 0.6) is 0 Å². The normalized spacial score (nSPS) is 20.0. The smallest absolute Gasteiger partial charge is 0.255 e. The maximum absolute atomic E-state index is 12.9. The van der Waals surface area contributed by atoms with Crippen LogP contribution >= 0.6 is 0 Å². The summed E-state index contributed by atoms with van der Waals surface area (Å²) in [5.41, 5.74) is 1.87. The highest BCUT2D eigenvalue weighted by Crippen LogP contribution is 2.26. The zero-order valence-electron chi connectivity index (χ0n) is 16.6. The molecule has 1 N–H and O–H groups in total. The summed E-state index contributed by atoms with van der Waals surface area (Å²) in [6, 6.07) is 15.2. The van der Waals surface area contributed by atoms with Crippen molar-refractivity contribution in [2.75, 3.05) is 18.4 Å². The summed E-state index contributed by atoms with van der Waals surface area (Å²) >= 11 is 0. The van der Waals surface area contributed by atoms with Gasteiger partial charge in [0, 0.05) is 24.3 Å². The van der Waals surface area contributed by atoms with Crippen LogP contribution in [-0.4, -0.2) is 31.7 Å². The van der Waals surface area contributed by atoms with Gasteiger partial charge < -0.3 is 5.32 Å². The topological polar surface area (TPSA) is 90.3 Å². The van der Waals surface area contributed by atoms with Crippen molar-refractivity contribution in [2.24, 2.45) is 11.8 Å². The van der Waals surface area contributed by atoms with Gasteiger partial charge >= 0.3 is 0 Å². The Morgan fingerprint density at radius 2 is 1.66 bits per heavy atom. The molecule has 2 atom stereocenters. The number of hydrogen-bond donors (Lipinski definition) is 1. The van der Waals surface area contributed by atoms with Gasteiger partial charge in [0.2, 0.25) is 10.0 Å². The third kappa shape index (κ3) is 5.03. The van der Waals surface area contributed by atoms with Crippen LogP contribution in [0, 0.1) is 23.2 Å². The Morgan fingerprint density at radius 3 is 2.21 bits per heavy atom. The van der Waals surface area contributed by atoms with Gasteiger partial charge in [-0.05, 0) is 60.2 Å². The molecule has 1 aliphatic rings. The van der Waals surface area contributed by atoms with Crippen molar-refractivity contribution in [1.29, 1.82) is 5.26 Å². The molecule has 152 valence electrons. The predicted octanol–water partition coefficient (Wildman–Crippen LogP) is 3.67. The molecule has 0 spiro atoms. The number of nitrogens with zero attached hydrogens (tertiary/aromatic N) is 2. The van der Waals surface area contributed by atoms with Gasteiger partial charge in [0.25, 0.3) is 5.91 Å². The molecule has 0 bridgehead atoms. The maximum atomic E-state index is 12.9. The summed E-state index contributed by atoms with van der Waals surface area (Å²) in [6.45, 7) is 5.18. The lowest BCUT2D eigenvalue weighted by atomic mass is 9.94. The van der Waals surface area contributed by atoms with E-state index >= 15 is 0 Å². The average molecular weight is 412 g/mol. The summed E-state index contributed by atoms with van der Waals surface area (Å²) < 4.78 is 27.4. The van der Waals surface area contributed by atoms with Crippen LogP contribution in [0.25, 0.3) is 0 Å². The summed E-state index contributed by atoms with van der Waals surface area (Å²) in [4.78, 5) is 12.7. The van der Waals surface area contributed by atoms with Crippen LogP contribution in [-0.2, 0) is 16.4 Å². The SMILES string of the molecule is C[C@@H]1C[C@H](C)CN(S(=O)(=O)c2ccc(C(=O)Nc3ccc(CC#N)cc3)cc2)C1. The van der Waals surface area contributed by atoms with Gasteiger partial charge in [-0.1, -0.05) is 26.0 Å². The van der Waals surface area contributed by atoms with Gasteiger partial charge in [-0.2, -0.15) is 9.57 Å². The molecule has 0 radical (unpaired) electrons. The molecule has 1 aliphatic heterocycles. The number of hydrogen-bond acceptors (Lipinski definition) is 4. The van der Waals surface area contributed by atoms with E-state index in [-0.39, 0.29) is 10.8 Å². The molecule has 1 fully saturated rings. The van der Waals surface area contributed by atoms with Crippen molar-refractivity contribution in [1.82, 2.24) is 4.31 Å². The number of rotatable bonds is 5. The zero-order chi connectivity index (χ0) is 21.0. The molecule has 29 heavy (non-hydrogen) atoms. The van der Waals surface area contributed by atoms with Crippen molar-refractivity contribution < 1.29 is 13.2 Å². The molecule has 7 heteroatoms. The lowest BCUT2D eigenvalue weighted by molar-refractivity contribution is 0.102. The highest BCUT2D eigenvalue weighted by Gasteiger charge is 2.31. The molecular formula is C22H25N3O3S. The lowest BCUT2D eigenvalue weighted by Gasteiger charge is -2.34. The average Bonchev–Trinajstić information content (AvgIpc) is 2.69. The first-order valence-electron chi connectivity index (χ1n) is 9.67. The minimum absolute atomic E-state index is 0.205. The Kier molecular flexibility index (Phi) is 6.36. The van der Waals surface area contributed by atoms with Crippen LogP contribution in [0.1, 0.15) is 36.2 Å². The van der Waals surface area contributed by atoms with E-state index in [0.717, 1.165) is 12.0 Å². The summed E-state index contributed by atoms with van der Waals surface area (Å²) in [7, 11) is -3.56. The first-order valence-corrected chi connectivity index (χ1v) is 11.1. The lowest BCUT2D eigenvalue weighted by Crippen LogP contribution is -2.42. The highest BCUT2D eigenvalue weighted by molar-refractivity contribution is 7.89. The monoisotopic (exact) mass is 411 g/mol. The van der Waals surface area contributed by atoms with E-state index in [2.05, 4.69) is 25.2 Å². The summed E-state index contributed by atoms with van der Waals surface area (Å²) in [5.74, 6) is 0.346. The second kappa shape index (κ2) is 8.76. The van der Waals surface area contributed by atoms with Gasteiger partial charge in [0.05, 0.1) is 17.4 Å². The van der Waals surface area contributed by atoms with Crippen LogP contribution in [0.3, 0.4) is 0 Å². The first-order chi connectivity index (χ1) is 13.8. The fourth-order valence-corrected chi connectivity index (χ4v) is 5.41. The molecule has 0 aromatic heterocycles. The van der Waals surface area contributed by atoms with E-state index in [1.165, 1.54) is 24.3 Å². The number of amides is 1. The number of benzene rings is 2. The van der Waals surface area contributed by atoms with Crippen LogP contribution in [0.4, 0.5) is 5.69 Å². The predicted molar refractivity (Wildman–Crippen MR) is 112 cm³/mol. The molecule has 0 aliphatic carbocycles. The fraction of sp³-hybridized carbons (Fsp3) is 0.364. The third-order valence-electron chi connectivity index (χ3n) is 5.08. The number of nitrogens with one attached hydrogen (secondary N) is 1. The van der Waals surface area contributed by atoms with Gasteiger partial charge in [-0.25, -0.2) is 8.42 Å². The number of sulfonamides is 1. The Balaban J connectivity index is 1.70. The number of anilines is 1. The van der Waals surface area contributed by atoms with Crippen LogP contribution < -0.4 is 5.32 Å². The van der Waals surface area contributed by atoms with Crippen molar-refractivity contribution in [2.45, 2.75) is 31.6 Å². The molecule has 2 aromatic carbocycles. The second-order valence-corrected chi connectivity index (χ2v) is 9.72. The van der Waals surface area contributed by atoms with E-state index in [0.29, 0.717) is 42.6 Å². The molecule has 3 rings (SSSR count). The number of carbonyl (C=O) groups is 1.